The Hall–Kier alpha value is -2.01. The number of nitrogens with two attached hydrogens (primary N) is 2. The van der Waals surface area contributed by atoms with Gasteiger partial charge in [0.25, 0.3) is 0 Å². The predicted molar refractivity (Wildman–Crippen MR) is 77.8 cm³/mol. The highest BCUT2D eigenvalue weighted by Gasteiger charge is 2.09. The number of halogens is 1. The van der Waals surface area contributed by atoms with Crippen molar-refractivity contribution in [3.63, 3.8) is 0 Å². The van der Waals surface area contributed by atoms with Crippen LogP contribution in [0.4, 0.5) is 5.69 Å². The fourth-order valence-corrected chi connectivity index (χ4v) is 2.06. The Kier molecular flexibility index (Phi) is 4.06. The van der Waals surface area contributed by atoms with Gasteiger partial charge in [0, 0.05) is 16.8 Å². The molecule has 4 nitrogen and oxygen atoms in total. The molecule has 19 heavy (non-hydrogen) atoms. The standard InChI is InChI=1S/C14H13BrN2O2/c15-13-11(16)6-3-7-12(13)19-8-9-4-1-2-5-10(9)14(17)18/h1-7H,8,16H2,(H2,17,18). The summed E-state index contributed by atoms with van der Waals surface area (Å²) in [6.45, 7) is 0.251. The van der Waals surface area contributed by atoms with Crippen molar-refractivity contribution >= 4 is 27.5 Å². The van der Waals surface area contributed by atoms with Gasteiger partial charge in [0.15, 0.2) is 0 Å². The summed E-state index contributed by atoms with van der Waals surface area (Å²) < 4.78 is 6.36. The first-order valence-electron chi connectivity index (χ1n) is 5.64. The SMILES string of the molecule is NC(=O)c1ccccc1COc1cccc(N)c1Br. The molecule has 2 aromatic rings. The molecule has 0 radical (unpaired) electrons. The largest absolute Gasteiger partial charge is 0.488 e. The van der Waals surface area contributed by atoms with E-state index in [9.17, 15) is 4.79 Å². The van der Waals surface area contributed by atoms with E-state index >= 15 is 0 Å². The molecule has 5 heteroatoms. The van der Waals surface area contributed by atoms with Crippen molar-refractivity contribution in [2.75, 3.05) is 5.73 Å². The summed E-state index contributed by atoms with van der Waals surface area (Å²) in [5, 5.41) is 0. The third-order valence-corrected chi connectivity index (χ3v) is 3.51. The third-order valence-electron chi connectivity index (χ3n) is 2.66. The molecule has 0 spiro atoms. The van der Waals surface area contributed by atoms with E-state index in [1.165, 1.54) is 0 Å². The van der Waals surface area contributed by atoms with Crippen molar-refractivity contribution in [3.8, 4) is 5.75 Å². The Morgan fingerprint density at radius 1 is 1.16 bits per heavy atom. The van der Waals surface area contributed by atoms with Gasteiger partial charge >= 0.3 is 0 Å². The quantitative estimate of drug-likeness (QED) is 0.850. The molecule has 0 bridgehead atoms. The van der Waals surface area contributed by atoms with Gasteiger partial charge in [-0.25, -0.2) is 0 Å². The van der Waals surface area contributed by atoms with Crippen molar-refractivity contribution in [2.24, 2.45) is 5.73 Å². The van der Waals surface area contributed by atoms with Gasteiger partial charge < -0.3 is 16.2 Å². The number of carbonyl (C=O) groups excluding carboxylic acids is 1. The van der Waals surface area contributed by atoms with Gasteiger partial charge in [-0.3, -0.25) is 4.79 Å². The molecule has 0 aliphatic heterocycles. The van der Waals surface area contributed by atoms with Crippen LogP contribution in [0.3, 0.4) is 0 Å². The number of carbonyl (C=O) groups is 1. The first-order chi connectivity index (χ1) is 9.09. The Morgan fingerprint density at radius 3 is 2.63 bits per heavy atom. The maximum atomic E-state index is 11.3. The minimum Gasteiger partial charge on any atom is -0.488 e. The molecule has 0 unspecified atom stereocenters. The molecular formula is C14H13BrN2O2. The zero-order valence-electron chi connectivity index (χ0n) is 10.1. The van der Waals surface area contributed by atoms with E-state index in [0.717, 1.165) is 5.56 Å². The number of benzene rings is 2. The summed E-state index contributed by atoms with van der Waals surface area (Å²) in [4.78, 5) is 11.3. The van der Waals surface area contributed by atoms with E-state index in [4.69, 9.17) is 16.2 Å². The summed E-state index contributed by atoms with van der Waals surface area (Å²) in [7, 11) is 0. The van der Waals surface area contributed by atoms with Crippen LogP contribution >= 0.6 is 15.9 Å². The lowest BCUT2D eigenvalue weighted by molar-refractivity contribution is 0.0998. The molecule has 0 aliphatic rings. The van der Waals surface area contributed by atoms with Crippen molar-refractivity contribution in [1.82, 2.24) is 0 Å². The maximum Gasteiger partial charge on any atom is 0.249 e. The Labute approximate surface area is 119 Å². The van der Waals surface area contributed by atoms with Crippen molar-refractivity contribution in [3.05, 3.63) is 58.1 Å². The molecule has 98 valence electrons. The van der Waals surface area contributed by atoms with Gasteiger partial charge in [-0.1, -0.05) is 24.3 Å². The number of primary amides is 1. The molecule has 0 heterocycles. The molecule has 0 aliphatic carbocycles. The monoisotopic (exact) mass is 320 g/mol. The number of hydrogen-bond donors (Lipinski definition) is 2. The van der Waals surface area contributed by atoms with Crippen molar-refractivity contribution in [2.45, 2.75) is 6.61 Å². The Balaban J connectivity index is 2.19. The smallest absolute Gasteiger partial charge is 0.249 e. The zero-order valence-corrected chi connectivity index (χ0v) is 11.7. The summed E-state index contributed by atoms with van der Waals surface area (Å²) in [6, 6.07) is 12.5. The molecule has 0 atom stereocenters. The summed E-state index contributed by atoms with van der Waals surface area (Å²) in [6.07, 6.45) is 0. The lowest BCUT2D eigenvalue weighted by Gasteiger charge is -2.11. The fourth-order valence-electron chi connectivity index (χ4n) is 1.68. The molecule has 1 amide bonds. The first kappa shape index (κ1) is 13.4. The van der Waals surface area contributed by atoms with Crippen LogP contribution in [0.15, 0.2) is 46.9 Å². The van der Waals surface area contributed by atoms with Gasteiger partial charge in [-0.05, 0) is 34.1 Å². The van der Waals surface area contributed by atoms with Crippen LogP contribution in [-0.2, 0) is 6.61 Å². The molecular weight excluding hydrogens is 308 g/mol. The average Bonchev–Trinajstić information content (AvgIpc) is 2.40. The van der Waals surface area contributed by atoms with Crippen LogP contribution in [0.1, 0.15) is 15.9 Å². The maximum absolute atomic E-state index is 11.3. The van der Waals surface area contributed by atoms with Crippen LogP contribution in [0.2, 0.25) is 0 Å². The molecule has 0 saturated heterocycles. The summed E-state index contributed by atoms with van der Waals surface area (Å²) in [5.74, 6) is 0.158. The van der Waals surface area contributed by atoms with E-state index in [-0.39, 0.29) is 6.61 Å². The number of hydrogen-bond acceptors (Lipinski definition) is 3. The summed E-state index contributed by atoms with van der Waals surface area (Å²) in [5.41, 5.74) is 12.9. The highest BCUT2D eigenvalue weighted by Crippen LogP contribution is 2.30. The van der Waals surface area contributed by atoms with Crippen LogP contribution in [0.5, 0.6) is 5.75 Å². The molecule has 0 fully saturated rings. The minimum atomic E-state index is -0.467. The molecule has 4 N–H and O–H groups in total. The van der Waals surface area contributed by atoms with Crippen molar-refractivity contribution < 1.29 is 9.53 Å². The van der Waals surface area contributed by atoms with Gasteiger partial charge in [-0.2, -0.15) is 0 Å². The van der Waals surface area contributed by atoms with Crippen LogP contribution < -0.4 is 16.2 Å². The lowest BCUT2D eigenvalue weighted by Crippen LogP contribution is -2.14. The molecule has 0 aromatic heterocycles. The second kappa shape index (κ2) is 5.75. The first-order valence-corrected chi connectivity index (χ1v) is 6.43. The molecule has 0 saturated carbocycles. The zero-order chi connectivity index (χ0) is 13.8. The second-order valence-corrected chi connectivity index (χ2v) is 4.76. The van der Waals surface area contributed by atoms with Crippen LogP contribution in [0.25, 0.3) is 0 Å². The fraction of sp³-hybridized carbons (Fsp3) is 0.0714. The average molecular weight is 321 g/mol. The molecule has 2 aromatic carbocycles. The minimum absolute atomic E-state index is 0.251. The highest BCUT2D eigenvalue weighted by atomic mass is 79.9. The van der Waals surface area contributed by atoms with Gasteiger partial charge in [0.05, 0.1) is 4.47 Å². The number of amides is 1. The second-order valence-electron chi connectivity index (χ2n) is 3.97. The van der Waals surface area contributed by atoms with Gasteiger partial charge in [0.1, 0.15) is 12.4 Å². The predicted octanol–water partition coefficient (Wildman–Crippen LogP) is 2.71. The van der Waals surface area contributed by atoms with E-state index in [0.29, 0.717) is 21.5 Å². The Morgan fingerprint density at radius 2 is 1.89 bits per heavy atom. The van der Waals surface area contributed by atoms with E-state index in [1.54, 1.807) is 36.4 Å². The Bertz CT molecular complexity index is 614. The number of ether oxygens (including phenoxy) is 1. The number of anilines is 1. The third kappa shape index (κ3) is 3.06. The van der Waals surface area contributed by atoms with Gasteiger partial charge in [-0.15, -0.1) is 0 Å². The lowest BCUT2D eigenvalue weighted by atomic mass is 10.1. The van der Waals surface area contributed by atoms with Crippen LogP contribution in [0, 0.1) is 0 Å². The molecule has 2 rings (SSSR count). The van der Waals surface area contributed by atoms with E-state index < -0.39 is 5.91 Å². The van der Waals surface area contributed by atoms with Gasteiger partial charge in [0.2, 0.25) is 5.91 Å². The summed E-state index contributed by atoms with van der Waals surface area (Å²) >= 11 is 3.36. The van der Waals surface area contributed by atoms with Crippen LogP contribution in [-0.4, -0.2) is 5.91 Å². The normalized spacial score (nSPS) is 10.2. The van der Waals surface area contributed by atoms with E-state index in [1.807, 2.05) is 6.07 Å². The van der Waals surface area contributed by atoms with Crippen molar-refractivity contribution in [1.29, 1.82) is 0 Å². The number of nitrogen functional groups attached to an aromatic ring is 1. The highest BCUT2D eigenvalue weighted by molar-refractivity contribution is 9.10. The number of rotatable bonds is 4. The topological polar surface area (TPSA) is 78.3 Å². The van der Waals surface area contributed by atoms with E-state index in [2.05, 4.69) is 15.9 Å².